The van der Waals surface area contributed by atoms with Gasteiger partial charge in [-0.15, -0.1) is 6.58 Å². The first-order valence-electron chi connectivity index (χ1n) is 5.46. The number of hydrogen-bond donors (Lipinski definition) is 0. The van der Waals surface area contributed by atoms with Gasteiger partial charge in [-0.2, -0.15) is 0 Å². The summed E-state index contributed by atoms with van der Waals surface area (Å²) < 4.78 is 18.2. The minimum absolute atomic E-state index is 0.192. The molecule has 1 saturated carbocycles. The van der Waals surface area contributed by atoms with Gasteiger partial charge in [0.2, 0.25) is 7.37 Å². The predicted octanol–water partition coefficient (Wildman–Crippen LogP) is 3.67. The van der Waals surface area contributed by atoms with Gasteiger partial charge in [0.15, 0.2) is 0 Å². The van der Waals surface area contributed by atoms with Crippen LogP contribution in [0.5, 0.6) is 0 Å². The zero-order valence-electron chi connectivity index (χ0n) is 9.40. The first-order valence-corrected chi connectivity index (χ1v) is 7.22. The lowest BCUT2D eigenvalue weighted by molar-refractivity contribution is 0.323. The van der Waals surface area contributed by atoms with Crippen molar-refractivity contribution in [3.8, 4) is 0 Å². The fourth-order valence-corrected chi connectivity index (χ4v) is 5.08. The summed E-state index contributed by atoms with van der Waals surface area (Å²) in [6, 6.07) is 0. The molecule has 0 aromatic carbocycles. The fraction of sp³-hybridized carbons (Fsp3) is 0.818. The van der Waals surface area contributed by atoms with E-state index in [-0.39, 0.29) is 11.3 Å². The Hall–Kier alpha value is -0.0700. The molecule has 0 radical (unpaired) electrons. The van der Waals surface area contributed by atoms with E-state index in [1.165, 1.54) is 0 Å². The Labute approximate surface area is 87.2 Å². The highest BCUT2D eigenvalue weighted by molar-refractivity contribution is 7.60. The number of rotatable bonds is 6. The van der Waals surface area contributed by atoms with E-state index in [0.717, 1.165) is 12.8 Å². The van der Waals surface area contributed by atoms with Crippen molar-refractivity contribution < 1.29 is 9.09 Å². The summed E-state index contributed by atoms with van der Waals surface area (Å²) in [6.07, 6.45) is 3.85. The maximum absolute atomic E-state index is 12.6. The highest BCUT2D eigenvalue weighted by Crippen LogP contribution is 2.68. The van der Waals surface area contributed by atoms with Gasteiger partial charge >= 0.3 is 0 Å². The van der Waals surface area contributed by atoms with Crippen LogP contribution in [0.25, 0.3) is 0 Å². The van der Waals surface area contributed by atoms with Gasteiger partial charge in [0.25, 0.3) is 0 Å². The van der Waals surface area contributed by atoms with Crippen molar-refractivity contribution >= 4 is 7.37 Å². The van der Waals surface area contributed by atoms with E-state index in [1.807, 2.05) is 19.9 Å². The van der Waals surface area contributed by atoms with Gasteiger partial charge in [-0.25, -0.2) is 0 Å². The summed E-state index contributed by atoms with van der Waals surface area (Å²) in [5.74, 6) is 0.432. The lowest BCUT2D eigenvalue weighted by Crippen LogP contribution is -2.10. The van der Waals surface area contributed by atoms with Gasteiger partial charge in [-0.3, -0.25) is 4.57 Å². The van der Waals surface area contributed by atoms with Gasteiger partial charge in [0.1, 0.15) is 0 Å². The third-order valence-corrected chi connectivity index (χ3v) is 6.88. The summed E-state index contributed by atoms with van der Waals surface area (Å²) in [6.45, 7) is 10.3. The van der Waals surface area contributed by atoms with Gasteiger partial charge in [0.05, 0.1) is 6.61 Å². The Balaban J connectivity index is 2.73. The summed E-state index contributed by atoms with van der Waals surface area (Å²) in [4.78, 5) is 0. The SMILES string of the molecule is C=C[C@@H]1C[C@@H]1P(=O)(OCC)C(C)CC. The van der Waals surface area contributed by atoms with Crippen LogP contribution in [-0.2, 0) is 9.09 Å². The Kier molecular flexibility index (Phi) is 3.97. The molecule has 4 atom stereocenters. The second-order valence-electron chi connectivity index (χ2n) is 4.02. The van der Waals surface area contributed by atoms with E-state index >= 15 is 0 Å². The molecule has 0 heterocycles. The first kappa shape index (κ1) is 12.0. The fourth-order valence-electron chi connectivity index (χ4n) is 1.87. The molecular weight excluding hydrogens is 195 g/mol. The standard InChI is InChI=1S/C11H21O2P/c1-5-9(4)14(12,13-7-3)11-8-10(11)6-2/h6,9-11H,2,5,7-8H2,1,3-4H3/t9?,10-,11+,14?/m1/s1. The molecule has 2 nitrogen and oxygen atoms in total. The second kappa shape index (κ2) is 4.63. The molecule has 2 unspecified atom stereocenters. The maximum Gasteiger partial charge on any atom is 0.209 e. The van der Waals surface area contributed by atoms with Crippen LogP contribution in [0.4, 0.5) is 0 Å². The summed E-state index contributed by atoms with van der Waals surface area (Å²) in [5.41, 5.74) is 0.451. The smallest absolute Gasteiger partial charge is 0.209 e. The highest BCUT2D eigenvalue weighted by Gasteiger charge is 2.51. The minimum Gasteiger partial charge on any atom is -0.328 e. The molecule has 0 amide bonds. The van der Waals surface area contributed by atoms with Crippen molar-refractivity contribution in [3.63, 3.8) is 0 Å². The average molecular weight is 216 g/mol. The molecule has 1 aliphatic rings. The van der Waals surface area contributed by atoms with Crippen LogP contribution in [0.3, 0.4) is 0 Å². The molecule has 1 fully saturated rings. The van der Waals surface area contributed by atoms with E-state index in [4.69, 9.17) is 4.52 Å². The first-order chi connectivity index (χ1) is 6.60. The van der Waals surface area contributed by atoms with Crippen LogP contribution in [0.15, 0.2) is 12.7 Å². The predicted molar refractivity (Wildman–Crippen MR) is 61.1 cm³/mol. The topological polar surface area (TPSA) is 26.3 Å². The molecule has 0 aliphatic heterocycles. The van der Waals surface area contributed by atoms with E-state index < -0.39 is 7.37 Å². The van der Waals surface area contributed by atoms with E-state index in [1.54, 1.807) is 0 Å². The molecule has 0 spiro atoms. The molecule has 82 valence electrons. The third-order valence-electron chi connectivity index (χ3n) is 3.11. The van der Waals surface area contributed by atoms with Crippen molar-refractivity contribution in [1.82, 2.24) is 0 Å². The van der Waals surface area contributed by atoms with Crippen LogP contribution < -0.4 is 0 Å². The molecule has 0 N–H and O–H groups in total. The Bertz CT molecular complexity index is 250. The Morgan fingerprint density at radius 2 is 2.29 bits per heavy atom. The van der Waals surface area contributed by atoms with Crippen LogP contribution in [0.2, 0.25) is 0 Å². The molecule has 1 aliphatic carbocycles. The molecule has 0 aromatic rings. The van der Waals surface area contributed by atoms with Crippen molar-refractivity contribution in [3.05, 3.63) is 12.7 Å². The zero-order valence-corrected chi connectivity index (χ0v) is 10.3. The van der Waals surface area contributed by atoms with Crippen molar-refractivity contribution in [1.29, 1.82) is 0 Å². The van der Waals surface area contributed by atoms with Crippen LogP contribution in [0, 0.1) is 5.92 Å². The second-order valence-corrected chi connectivity index (χ2v) is 7.12. The van der Waals surface area contributed by atoms with Gasteiger partial charge in [-0.05, 0) is 25.7 Å². The quantitative estimate of drug-likeness (QED) is 0.500. The van der Waals surface area contributed by atoms with E-state index in [2.05, 4.69) is 13.5 Å². The Morgan fingerprint density at radius 3 is 2.64 bits per heavy atom. The van der Waals surface area contributed by atoms with Crippen LogP contribution in [0.1, 0.15) is 33.6 Å². The summed E-state index contributed by atoms with van der Waals surface area (Å²) >= 11 is 0. The average Bonchev–Trinajstić information content (AvgIpc) is 2.96. The van der Waals surface area contributed by atoms with E-state index in [0.29, 0.717) is 12.5 Å². The van der Waals surface area contributed by atoms with E-state index in [9.17, 15) is 4.57 Å². The monoisotopic (exact) mass is 216 g/mol. The van der Waals surface area contributed by atoms with Crippen molar-refractivity contribution in [2.24, 2.45) is 5.92 Å². The normalized spacial score (nSPS) is 31.9. The largest absolute Gasteiger partial charge is 0.328 e. The Morgan fingerprint density at radius 1 is 1.64 bits per heavy atom. The molecule has 14 heavy (non-hydrogen) atoms. The molecule has 3 heteroatoms. The number of allylic oxidation sites excluding steroid dienone is 1. The molecule has 0 aromatic heterocycles. The molecular formula is C11H21O2P. The van der Waals surface area contributed by atoms with Gasteiger partial charge in [0, 0.05) is 11.3 Å². The van der Waals surface area contributed by atoms with Crippen molar-refractivity contribution in [2.75, 3.05) is 6.61 Å². The number of hydrogen-bond acceptors (Lipinski definition) is 2. The van der Waals surface area contributed by atoms with Crippen LogP contribution in [-0.4, -0.2) is 17.9 Å². The molecule has 0 saturated heterocycles. The molecule has 1 rings (SSSR count). The summed E-state index contributed by atoms with van der Waals surface area (Å²) in [5, 5.41) is 0. The lowest BCUT2D eigenvalue weighted by atomic mass is 10.4. The third kappa shape index (κ3) is 2.12. The van der Waals surface area contributed by atoms with Crippen molar-refractivity contribution in [2.45, 2.75) is 44.9 Å². The lowest BCUT2D eigenvalue weighted by Gasteiger charge is -2.23. The minimum atomic E-state index is -2.42. The highest BCUT2D eigenvalue weighted by atomic mass is 31.2. The summed E-state index contributed by atoms with van der Waals surface area (Å²) in [7, 11) is -2.42. The van der Waals surface area contributed by atoms with Gasteiger partial charge in [-0.1, -0.05) is 19.9 Å². The maximum atomic E-state index is 12.6. The van der Waals surface area contributed by atoms with Gasteiger partial charge < -0.3 is 4.52 Å². The zero-order chi connectivity index (χ0) is 10.8. The van der Waals surface area contributed by atoms with Crippen LogP contribution >= 0.6 is 7.37 Å². The molecule has 0 bridgehead atoms.